The number of nitrogens with one attached hydrogen (secondary N) is 1. The van der Waals surface area contributed by atoms with Crippen molar-refractivity contribution in [3.63, 3.8) is 0 Å². The molecule has 0 aliphatic carbocycles. The van der Waals surface area contributed by atoms with Gasteiger partial charge in [-0.3, -0.25) is 14.6 Å². The average Bonchev–Trinajstić information content (AvgIpc) is 2.93. The van der Waals surface area contributed by atoms with Crippen LogP contribution in [0.3, 0.4) is 0 Å². The van der Waals surface area contributed by atoms with Gasteiger partial charge in [0.2, 0.25) is 5.91 Å². The predicted molar refractivity (Wildman–Crippen MR) is 149 cm³/mol. The summed E-state index contributed by atoms with van der Waals surface area (Å²) in [7, 11) is 0. The third-order valence-corrected chi connectivity index (χ3v) is 6.26. The Balaban J connectivity index is 1.39. The second-order valence-electron chi connectivity index (χ2n) is 9.47. The fourth-order valence-corrected chi connectivity index (χ4v) is 3.90. The van der Waals surface area contributed by atoms with Crippen molar-refractivity contribution in [3.05, 3.63) is 96.3 Å². The van der Waals surface area contributed by atoms with E-state index in [0.29, 0.717) is 47.4 Å². The van der Waals surface area contributed by atoms with E-state index >= 15 is 0 Å². The Morgan fingerprint density at radius 2 is 1.69 bits per heavy atom. The number of ether oxygens (including phenoxy) is 2. The Morgan fingerprint density at radius 3 is 2.41 bits per heavy atom. The Bertz CT molecular complexity index is 1450. The molecule has 0 atom stereocenters. The fourth-order valence-electron chi connectivity index (χ4n) is 3.90. The van der Waals surface area contributed by atoms with E-state index in [0.717, 1.165) is 11.1 Å². The van der Waals surface area contributed by atoms with E-state index in [2.05, 4.69) is 15.3 Å². The molecule has 0 saturated carbocycles. The van der Waals surface area contributed by atoms with Gasteiger partial charge in [-0.05, 0) is 62.6 Å². The van der Waals surface area contributed by atoms with Crippen LogP contribution in [0, 0.1) is 0 Å². The lowest BCUT2D eigenvalue weighted by Crippen LogP contribution is -2.28. The van der Waals surface area contributed by atoms with Crippen molar-refractivity contribution in [2.75, 3.05) is 11.9 Å². The maximum atomic E-state index is 12.6. The molecular weight excluding hydrogens is 494 g/mol. The number of carbonyl (C=O) groups excluding carboxylic acids is 1. The second kappa shape index (κ2) is 12.2. The Hall–Kier alpha value is -4.72. The van der Waals surface area contributed by atoms with Crippen LogP contribution in [0.4, 0.5) is 5.82 Å². The largest absolute Gasteiger partial charge is 0.490 e. The molecule has 2 N–H and O–H groups in total. The number of amides is 1. The van der Waals surface area contributed by atoms with Crippen molar-refractivity contribution in [1.29, 1.82) is 0 Å². The zero-order valence-corrected chi connectivity index (χ0v) is 22.2. The number of rotatable bonds is 11. The number of aliphatic carboxylic acids is 1. The van der Waals surface area contributed by atoms with Crippen LogP contribution in [0.2, 0.25) is 0 Å². The molecule has 0 aliphatic rings. The topological polar surface area (TPSA) is 111 Å². The fraction of sp³-hybridized carbons (Fsp3) is 0.226. The van der Waals surface area contributed by atoms with E-state index in [9.17, 15) is 14.7 Å². The number of hydrogen-bond donors (Lipinski definition) is 2. The number of benzene rings is 3. The molecule has 0 saturated heterocycles. The van der Waals surface area contributed by atoms with Gasteiger partial charge in [0.25, 0.3) is 0 Å². The normalized spacial score (nSPS) is 11.1. The van der Waals surface area contributed by atoms with Gasteiger partial charge in [0.15, 0.2) is 17.3 Å². The summed E-state index contributed by atoms with van der Waals surface area (Å²) >= 11 is 0. The number of nitrogens with zero attached hydrogens (tertiary/aromatic N) is 2. The number of anilines is 1. The highest BCUT2D eigenvalue weighted by molar-refractivity contribution is 5.90. The summed E-state index contributed by atoms with van der Waals surface area (Å²) < 4.78 is 11.7. The lowest BCUT2D eigenvalue weighted by molar-refractivity contribution is -0.142. The van der Waals surface area contributed by atoms with Crippen molar-refractivity contribution >= 4 is 17.7 Å². The highest BCUT2D eigenvalue weighted by Gasteiger charge is 2.29. The molecule has 0 fully saturated rings. The standard InChI is InChI=1S/C31H31N3O5/c1-4-38-26-10-5-6-11-27(26)39-24-9-7-8-22(18-24)25-19-32-20-28(33-25)34-29(35)17-14-21-12-15-23(16-13-21)31(2,3)30(36)37/h5-13,15-16,18-20H,4,14,17H2,1-3H3,(H,36,37)(H,33,34,35). The van der Waals surface area contributed by atoms with Crippen molar-refractivity contribution in [2.45, 2.75) is 39.0 Å². The Morgan fingerprint density at radius 1 is 0.949 bits per heavy atom. The van der Waals surface area contributed by atoms with Crippen LogP contribution >= 0.6 is 0 Å². The molecule has 8 heteroatoms. The summed E-state index contributed by atoms with van der Waals surface area (Å²) in [6.07, 6.45) is 3.89. The molecule has 200 valence electrons. The molecule has 3 aromatic carbocycles. The van der Waals surface area contributed by atoms with Crippen molar-refractivity contribution in [3.8, 4) is 28.5 Å². The first kappa shape index (κ1) is 27.3. The zero-order valence-electron chi connectivity index (χ0n) is 22.2. The van der Waals surface area contributed by atoms with E-state index < -0.39 is 11.4 Å². The monoisotopic (exact) mass is 525 g/mol. The maximum Gasteiger partial charge on any atom is 0.313 e. The molecule has 8 nitrogen and oxygen atoms in total. The summed E-state index contributed by atoms with van der Waals surface area (Å²) in [5.74, 6) is 1.17. The van der Waals surface area contributed by atoms with Crippen LogP contribution in [-0.2, 0) is 21.4 Å². The van der Waals surface area contributed by atoms with Crippen LogP contribution in [-0.4, -0.2) is 33.6 Å². The minimum atomic E-state index is -0.973. The first-order valence-corrected chi connectivity index (χ1v) is 12.7. The van der Waals surface area contributed by atoms with Crippen molar-refractivity contribution in [1.82, 2.24) is 9.97 Å². The summed E-state index contributed by atoms with van der Waals surface area (Å²) in [5.41, 5.74) is 2.06. The molecule has 1 aromatic heterocycles. The number of para-hydroxylation sites is 2. The molecule has 0 bridgehead atoms. The predicted octanol–water partition coefficient (Wildman–Crippen LogP) is 6.27. The molecule has 0 unspecified atom stereocenters. The van der Waals surface area contributed by atoms with E-state index in [4.69, 9.17) is 9.47 Å². The third kappa shape index (κ3) is 6.98. The number of aryl methyl sites for hydroxylation is 1. The molecule has 4 aromatic rings. The smallest absolute Gasteiger partial charge is 0.313 e. The molecule has 0 radical (unpaired) electrons. The number of aromatic nitrogens is 2. The molecule has 0 aliphatic heterocycles. The first-order chi connectivity index (χ1) is 18.8. The van der Waals surface area contributed by atoms with Gasteiger partial charge >= 0.3 is 5.97 Å². The van der Waals surface area contributed by atoms with Gasteiger partial charge in [0.05, 0.1) is 30.1 Å². The van der Waals surface area contributed by atoms with Crippen molar-refractivity contribution in [2.24, 2.45) is 0 Å². The number of carbonyl (C=O) groups is 2. The van der Waals surface area contributed by atoms with Crippen LogP contribution in [0.1, 0.15) is 38.3 Å². The first-order valence-electron chi connectivity index (χ1n) is 12.7. The number of hydrogen-bond acceptors (Lipinski definition) is 6. The molecular formula is C31H31N3O5. The van der Waals surface area contributed by atoms with Gasteiger partial charge in [-0.25, -0.2) is 4.98 Å². The molecule has 39 heavy (non-hydrogen) atoms. The van der Waals surface area contributed by atoms with Crippen molar-refractivity contribution < 1.29 is 24.2 Å². The van der Waals surface area contributed by atoms with Gasteiger partial charge in [0.1, 0.15) is 5.75 Å². The summed E-state index contributed by atoms with van der Waals surface area (Å²) in [4.78, 5) is 32.9. The SMILES string of the molecule is CCOc1ccccc1Oc1cccc(-c2cncc(NC(=O)CCc3ccc(C(C)(C)C(=O)O)cc3)n2)c1. The average molecular weight is 526 g/mol. The number of carboxylic acids is 1. The van der Waals surface area contributed by atoms with Crippen LogP contribution in [0.5, 0.6) is 17.2 Å². The maximum absolute atomic E-state index is 12.6. The zero-order chi connectivity index (χ0) is 27.8. The summed E-state index contributed by atoms with van der Waals surface area (Å²) in [6, 6.07) is 22.2. The number of carboxylic acid groups (broad SMARTS) is 1. The van der Waals surface area contributed by atoms with Gasteiger partial charge < -0.3 is 19.9 Å². The van der Waals surface area contributed by atoms with Gasteiger partial charge in [0, 0.05) is 12.0 Å². The minimum Gasteiger partial charge on any atom is -0.490 e. The highest BCUT2D eigenvalue weighted by atomic mass is 16.5. The van der Waals surface area contributed by atoms with Crippen LogP contribution in [0.25, 0.3) is 11.3 Å². The van der Waals surface area contributed by atoms with E-state index in [1.165, 1.54) is 6.20 Å². The van der Waals surface area contributed by atoms with Gasteiger partial charge in [-0.1, -0.05) is 48.5 Å². The molecule has 1 amide bonds. The molecule has 1 heterocycles. The summed E-state index contributed by atoms with van der Waals surface area (Å²) in [5, 5.41) is 12.2. The van der Waals surface area contributed by atoms with E-state index in [1.807, 2.05) is 67.6 Å². The molecule has 0 spiro atoms. The Kier molecular flexibility index (Phi) is 8.56. The van der Waals surface area contributed by atoms with E-state index in [-0.39, 0.29) is 12.3 Å². The van der Waals surface area contributed by atoms with Crippen LogP contribution in [0.15, 0.2) is 85.2 Å². The minimum absolute atomic E-state index is 0.194. The Labute approximate surface area is 227 Å². The molecule has 4 rings (SSSR count). The van der Waals surface area contributed by atoms with Crippen LogP contribution < -0.4 is 14.8 Å². The highest BCUT2D eigenvalue weighted by Crippen LogP contribution is 2.33. The third-order valence-electron chi connectivity index (χ3n) is 6.26. The summed E-state index contributed by atoms with van der Waals surface area (Å²) in [6.45, 7) is 5.78. The van der Waals surface area contributed by atoms with Gasteiger partial charge in [-0.2, -0.15) is 0 Å². The lowest BCUT2D eigenvalue weighted by atomic mass is 9.84. The van der Waals surface area contributed by atoms with Gasteiger partial charge in [-0.15, -0.1) is 0 Å². The quantitative estimate of drug-likeness (QED) is 0.237. The second-order valence-corrected chi connectivity index (χ2v) is 9.47. The lowest BCUT2D eigenvalue weighted by Gasteiger charge is -2.19. The van der Waals surface area contributed by atoms with E-state index in [1.54, 1.807) is 32.2 Å².